The van der Waals surface area contributed by atoms with E-state index in [2.05, 4.69) is 10.3 Å². The van der Waals surface area contributed by atoms with Gasteiger partial charge >= 0.3 is 0 Å². The van der Waals surface area contributed by atoms with E-state index in [0.29, 0.717) is 23.2 Å². The Morgan fingerprint density at radius 2 is 2.17 bits per heavy atom. The van der Waals surface area contributed by atoms with Crippen molar-refractivity contribution in [2.75, 3.05) is 18.2 Å². The van der Waals surface area contributed by atoms with Crippen LogP contribution in [0.4, 0.5) is 11.5 Å². The highest BCUT2D eigenvalue weighted by atomic mass is 35.5. The van der Waals surface area contributed by atoms with Crippen LogP contribution < -0.4 is 15.8 Å². The van der Waals surface area contributed by atoms with Crippen LogP contribution in [-0.2, 0) is 6.54 Å². The van der Waals surface area contributed by atoms with Gasteiger partial charge in [-0.1, -0.05) is 23.7 Å². The summed E-state index contributed by atoms with van der Waals surface area (Å²) >= 11 is 5.83. The van der Waals surface area contributed by atoms with Gasteiger partial charge in [-0.05, 0) is 23.8 Å². The molecule has 5 heteroatoms. The highest BCUT2D eigenvalue weighted by molar-refractivity contribution is 6.29. The quantitative estimate of drug-likeness (QED) is 0.833. The standard InChI is InChI=1S/C13H14ClN3O/c1-18-11-4-2-3-9(5-11)8-16-13-7-10(15)6-12(14)17-13/h2-7H,8H2,1H3,(H3,15,16,17). The van der Waals surface area contributed by atoms with Crippen molar-refractivity contribution in [1.82, 2.24) is 4.98 Å². The highest BCUT2D eigenvalue weighted by Crippen LogP contribution is 2.17. The third-order valence-electron chi connectivity index (χ3n) is 2.42. The minimum absolute atomic E-state index is 0.378. The fourth-order valence-corrected chi connectivity index (χ4v) is 1.80. The summed E-state index contributed by atoms with van der Waals surface area (Å²) in [5.41, 5.74) is 7.37. The SMILES string of the molecule is COc1cccc(CNc2cc(N)cc(Cl)n2)c1. The lowest BCUT2D eigenvalue weighted by Gasteiger charge is -2.08. The molecule has 0 atom stereocenters. The number of hydrogen-bond donors (Lipinski definition) is 2. The monoisotopic (exact) mass is 263 g/mol. The third-order valence-corrected chi connectivity index (χ3v) is 2.62. The second-order valence-electron chi connectivity index (χ2n) is 3.81. The van der Waals surface area contributed by atoms with Crippen LogP contribution in [0.1, 0.15) is 5.56 Å². The molecule has 4 nitrogen and oxygen atoms in total. The van der Waals surface area contributed by atoms with Crippen molar-refractivity contribution >= 4 is 23.1 Å². The van der Waals surface area contributed by atoms with Gasteiger partial charge in [0.1, 0.15) is 16.7 Å². The largest absolute Gasteiger partial charge is 0.497 e. The summed E-state index contributed by atoms with van der Waals surface area (Å²) < 4.78 is 5.16. The van der Waals surface area contributed by atoms with Gasteiger partial charge in [0.25, 0.3) is 0 Å². The number of halogens is 1. The Labute approximate surface area is 111 Å². The Hall–Kier alpha value is -1.94. The lowest BCUT2D eigenvalue weighted by atomic mass is 10.2. The number of nitrogens with one attached hydrogen (secondary N) is 1. The van der Waals surface area contributed by atoms with Gasteiger partial charge in [-0.2, -0.15) is 0 Å². The van der Waals surface area contributed by atoms with Crippen molar-refractivity contribution in [1.29, 1.82) is 0 Å². The number of anilines is 2. The molecule has 0 aliphatic heterocycles. The number of rotatable bonds is 4. The van der Waals surface area contributed by atoms with Gasteiger partial charge in [-0.3, -0.25) is 0 Å². The summed E-state index contributed by atoms with van der Waals surface area (Å²) in [7, 11) is 1.64. The zero-order valence-electron chi connectivity index (χ0n) is 9.98. The number of pyridine rings is 1. The lowest BCUT2D eigenvalue weighted by Crippen LogP contribution is -2.02. The summed E-state index contributed by atoms with van der Waals surface area (Å²) in [5.74, 6) is 1.48. The maximum Gasteiger partial charge on any atom is 0.133 e. The first-order valence-electron chi connectivity index (χ1n) is 5.47. The Morgan fingerprint density at radius 3 is 2.89 bits per heavy atom. The fourth-order valence-electron chi connectivity index (χ4n) is 1.58. The van der Waals surface area contributed by atoms with Crippen molar-refractivity contribution in [2.24, 2.45) is 0 Å². The summed E-state index contributed by atoms with van der Waals surface area (Å²) in [6.07, 6.45) is 0. The number of aromatic nitrogens is 1. The molecule has 0 aliphatic rings. The van der Waals surface area contributed by atoms with Gasteiger partial charge in [0.05, 0.1) is 7.11 Å². The highest BCUT2D eigenvalue weighted by Gasteiger charge is 2.00. The number of hydrogen-bond acceptors (Lipinski definition) is 4. The van der Waals surface area contributed by atoms with Crippen LogP contribution >= 0.6 is 11.6 Å². The van der Waals surface area contributed by atoms with Crippen molar-refractivity contribution in [3.05, 3.63) is 47.1 Å². The predicted octanol–water partition coefficient (Wildman–Crippen LogP) is 2.94. The molecule has 0 unspecified atom stereocenters. The van der Waals surface area contributed by atoms with Crippen LogP contribution in [0.15, 0.2) is 36.4 Å². The summed E-state index contributed by atoms with van der Waals surface area (Å²) in [4.78, 5) is 4.13. The Kier molecular flexibility index (Phi) is 3.89. The Morgan fingerprint density at radius 1 is 1.33 bits per heavy atom. The number of nitrogens with two attached hydrogens (primary N) is 1. The van der Waals surface area contributed by atoms with E-state index >= 15 is 0 Å². The van der Waals surface area contributed by atoms with E-state index in [-0.39, 0.29) is 0 Å². The van der Waals surface area contributed by atoms with E-state index in [1.807, 2.05) is 24.3 Å². The van der Waals surface area contributed by atoms with Crippen LogP contribution in [0.25, 0.3) is 0 Å². The molecule has 0 amide bonds. The zero-order chi connectivity index (χ0) is 13.0. The van der Waals surface area contributed by atoms with E-state index in [9.17, 15) is 0 Å². The minimum Gasteiger partial charge on any atom is -0.497 e. The van der Waals surface area contributed by atoms with E-state index in [4.69, 9.17) is 22.1 Å². The van der Waals surface area contributed by atoms with Crippen LogP contribution in [0.2, 0.25) is 5.15 Å². The molecular formula is C13H14ClN3O. The zero-order valence-corrected chi connectivity index (χ0v) is 10.7. The molecule has 0 fully saturated rings. The average Bonchev–Trinajstić information content (AvgIpc) is 2.35. The normalized spacial score (nSPS) is 10.1. The molecule has 0 spiro atoms. The molecule has 94 valence electrons. The number of ether oxygens (including phenoxy) is 1. The van der Waals surface area contributed by atoms with Crippen LogP contribution in [-0.4, -0.2) is 12.1 Å². The minimum atomic E-state index is 0.378. The molecule has 0 radical (unpaired) electrons. The van der Waals surface area contributed by atoms with Gasteiger partial charge in [0.2, 0.25) is 0 Å². The molecule has 1 aromatic heterocycles. The molecule has 2 rings (SSSR count). The summed E-state index contributed by atoms with van der Waals surface area (Å²) in [6.45, 7) is 0.629. The lowest BCUT2D eigenvalue weighted by molar-refractivity contribution is 0.414. The van der Waals surface area contributed by atoms with Crippen LogP contribution in [0.3, 0.4) is 0 Å². The van der Waals surface area contributed by atoms with Crippen molar-refractivity contribution in [3.63, 3.8) is 0 Å². The van der Waals surface area contributed by atoms with Crippen LogP contribution in [0.5, 0.6) is 5.75 Å². The smallest absolute Gasteiger partial charge is 0.133 e. The second-order valence-corrected chi connectivity index (χ2v) is 4.20. The maximum atomic E-state index is 5.83. The predicted molar refractivity (Wildman–Crippen MR) is 74.0 cm³/mol. The topological polar surface area (TPSA) is 60.2 Å². The first kappa shape index (κ1) is 12.5. The number of nitrogens with zero attached hydrogens (tertiary/aromatic N) is 1. The first-order chi connectivity index (χ1) is 8.67. The van der Waals surface area contributed by atoms with Crippen LogP contribution in [0, 0.1) is 0 Å². The molecular weight excluding hydrogens is 250 g/mol. The van der Waals surface area contributed by atoms with Crippen molar-refractivity contribution < 1.29 is 4.74 Å². The van der Waals surface area contributed by atoms with Crippen molar-refractivity contribution in [3.8, 4) is 5.75 Å². The van der Waals surface area contributed by atoms with E-state index in [1.165, 1.54) is 0 Å². The number of benzene rings is 1. The molecule has 0 saturated carbocycles. The number of nitrogen functional groups attached to an aromatic ring is 1. The van der Waals surface area contributed by atoms with Gasteiger partial charge in [-0.25, -0.2) is 4.98 Å². The van der Waals surface area contributed by atoms with E-state index in [0.717, 1.165) is 11.3 Å². The molecule has 0 aliphatic carbocycles. The van der Waals surface area contributed by atoms with Gasteiger partial charge in [-0.15, -0.1) is 0 Å². The molecule has 2 aromatic rings. The van der Waals surface area contributed by atoms with E-state index < -0.39 is 0 Å². The van der Waals surface area contributed by atoms with Gasteiger partial charge in [0.15, 0.2) is 0 Å². The van der Waals surface area contributed by atoms with E-state index in [1.54, 1.807) is 19.2 Å². The summed E-state index contributed by atoms with van der Waals surface area (Å²) in [6, 6.07) is 11.2. The molecule has 1 heterocycles. The van der Waals surface area contributed by atoms with Gasteiger partial charge < -0.3 is 15.8 Å². The third kappa shape index (κ3) is 3.28. The average molecular weight is 264 g/mol. The Balaban J connectivity index is 2.06. The molecule has 0 saturated heterocycles. The first-order valence-corrected chi connectivity index (χ1v) is 5.85. The fraction of sp³-hybridized carbons (Fsp3) is 0.154. The van der Waals surface area contributed by atoms with Gasteiger partial charge in [0, 0.05) is 18.3 Å². The molecule has 0 bridgehead atoms. The number of methoxy groups -OCH3 is 1. The molecule has 1 aromatic carbocycles. The Bertz CT molecular complexity index is 525. The molecule has 3 N–H and O–H groups in total. The van der Waals surface area contributed by atoms with Crippen molar-refractivity contribution in [2.45, 2.75) is 6.54 Å². The summed E-state index contributed by atoms with van der Waals surface area (Å²) in [5, 5.41) is 3.54. The maximum absolute atomic E-state index is 5.83. The molecule has 18 heavy (non-hydrogen) atoms. The second kappa shape index (κ2) is 5.60.